The Kier molecular flexibility index (Phi) is 2.71. The van der Waals surface area contributed by atoms with Gasteiger partial charge < -0.3 is 0 Å². The topological polar surface area (TPSA) is 43.1 Å². The third-order valence-corrected chi connectivity index (χ3v) is 3.52. The molecule has 4 rings (SSSR count). The molecule has 0 amide bonds. The van der Waals surface area contributed by atoms with Crippen molar-refractivity contribution in [2.45, 2.75) is 0 Å². The normalized spacial score (nSPS) is 11.6. The number of aromatic nitrogens is 3. The largest absolute Gasteiger partial charge is 0.221 e. The lowest BCUT2D eigenvalue weighted by Gasteiger charge is -2.07. The molecular formula is C17H12N4. The molecule has 0 N–H and O–H groups in total. The average Bonchev–Trinajstić information content (AvgIpc) is 3.05. The fourth-order valence-corrected chi connectivity index (χ4v) is 2.57. The molecule has 0 aliphatic carbocycles. The summed E-state index contributed by atoms with van der Waals surface area (Å²) in [6.45, 7) is 0. The summed E-state index contributed by atoms with van der Waals surface area (Å²) in [5.74, 6) is 0. The molecule has 0 aliphatic heterocycles. The molecule has 0 fully saturated rings. The third-order valence-electron chi connectivity index (χ3n) is 3.52. The summed E-state index contributed by atoms with van der Waals surface area (Å²) in [4.78, 5) is 5.35. The van der Waals surface area contributed by atoms with Gasteiger partial charge >= 0.3 is 0 Å². The maximum atomic E-state index is 4.35. The molecule has 3 aromatic carbocycles. The van der Waals surface area contributed by atoms with Crippen molar-refractivity contribution in [3.05, 3.63) is 72.8 Å². The quantitative estimate of drug-likeness (QED) is 0.414. The lowest BCUT2D eigenvalue weighted by atomic mass is 9.97. The van der Waals surface area contributed by atoms with Crippen molar-refractivity contribution in [2.75, 3.05) is 0 Å². The van der Waals surface area contributed by atoms with Crippen LogP contribution in [0, 0.1) is 0 Å². The molecule has 0 radical (unpaired) electrons. The van der Waals surface area contributed by atoms with E-state index in [0.717, 1.165) is 5.56 Å². The van der Waals surface area contributed by atoms with Crippen LogP contribution in [-0.4, -0.2) is 21.1 Å². The number of nitrogens with zero attached hydrogens (tertiary/aromatic N) is 4. The van der Waals surface area contributed by atoms with Gasteiger partial charge in [-0.15, -0.1) is 9.89 Å². The van der Waals surface area contributed by atoms with Crippen molar-refractivity contribution in [1.82, 2.24) is 14.9 Å². The molecule has 100 valence electrons. The van der Waals surface area contributed by atoms with Crippen LogP contribution in [0.2, 0.25) is 0 Å². The maximum Gasteiger partial charge on any atom is 0.139 e. The van der Waals surface area contributed by atoms with Gasteiger partial charge in [0.25, 0.3) is 0 Å². The Morgan fingerprint density at radius 2 is 1.57 bits per heavy atom. The molecule has 0 aliphatic rings. The average molecular weight is 272 g/mol. The molecule has 21 heavy (non-hydrogen) atoms. The van der Waals surface area contributed by atoms with Gasteiger partial charge in [-0.2, -0.15) is 5.10 Å². The lowest BCUT2D eigenvalue weighted by Crippen LogP contribution is -1.93. The number of hydrogen-bond acceptors (Lipinski definition) is 3. The molecule has 0 atom stereocenters. The summed E-state index contributed by atoms with van der Waals surface area (Å²) in [5, 5.41) is 13.1. The number of benzene rings is 3. The summed E-state index contributed by atoms with van der Waals surface area (Å²) < 4.78 is 0. The predicted molar refractivity (Wildman–Crippen MR) is 84.5 cm³/mol. The summed E-state index contributed by atoms with van der Waals surface area (Å²) in [5.41, 5.74) is 1.10. The van der Waals surface area contributed by atoms with Crippen molar-refractivity contribution in [3.8, 4) is 0 Å². The number of rotatable bonds is 2. The molecule has 0 saturated carbocycles. The Hall–Kier alpha value is -3.01. The predicted octanol–water partition coefficient (Wildman–Crippen LogP) is 3.47. The van der Waals surface area contributed by atoms with Gasteiger partial charge in [-0.3, -0.25) is 0 Å². The molecule has 4 nitrogen and oxygen atoms in total. The van der Waals surface area contributed by atoms with E-state index in [9.17, 15) is 0 Å². The van der Waals surface area contributed by atoms with Gasteiger partial charge in [0.2, 0.25) is 0 Å². The van der Waals surface area contributed by atoms with Crippen LogP contribution in [0.1, 0.15) is 5.56 Å². The van der Waals surface area contributed by atoms with Crippen LogP contribution in [0.5, 0.6) is 0 Å². The molecule has 4 aromatic rings. The molecule has 0 spiro atoms. The zero-order valence-corrected chi connectivity index (χ0v) is 11.2. The van der Waals surface area contributed by atoms with Gasteiger partial charge in [-0.05, 0) is 27.6 Å². The highest BCUT2D eigenvalue weighted by atomic mass is 15.5. The van der Waals surface area contributed by atoms with E-state index in [2.05, 4.69) is 57.6 Å². The first-order valence-electron chi connectivity index (χ1n) is 6.71. The van der Waals surface area contributed by atoms with Crippen molar-refractivity contribution in [3.63, 3.8) is 0 Å². The zero-order valence-electron chi connectivity index (χ0n) is 11.2. The van der Waals surface area contributed by atoms with Gasteiger partial charge in [-0.25, -0.2) is 4.98 Å². The summed E-state index contributed by atoms with van der Waals surface area (Å²) in [6.07, 6.45) is 4.89. The fourth-order valence-electron chi connectivity index (χ4n) is 2.57. The Morgan fingerprint density at radius 3 is 2.19 bits per heavy atom. The standard InChI is InChI=1S/C17H12N4/c1-3-7-15-13(5-1)9-14-6-2-4-8-16(14)17(15)10-19-21-12-18-11-20-21/h1-12H/b19-10+. The molecule has 1 heterocycles. The van der Waals surface area contributed by atoms with E-state index in [1.165, 1.54) is 32.7 Å². The number of fused-ring (bicyclic) bond motifs is 2. The maximum absolute atomic E-state index is 4.35. The van der Waals surface area contributed by atoms with Crippen LogP contribution in [-0.2, 0) is 0 Å². The van der Waals surface area contributed by atoms with E-state index >= 15 is 0 Å². The second-order valence-corrected chi connectivity index (χ2v) is 4.79. The van der Waals surface area contributed by atoms with Crippen LogP contribution >= 0.6 is 0 Å². The van der Waals surface area contributed by atoms with Crippen molar-refractivity contribution < 1.29 is 0 Å². The van der Waals surface area contributed by atoms with Crippen molar-refractivity contribution >= 4 is 27.8 Å². The van der Waals surface area contributed by atoms with Crippen LogP contribution in [0.15, 0.2) is 72.4 Å². The monoisotopic (exact) mass is 272 g/mol. The Balaban J connectivity index is 2.02. The van der Waals surface area contributed by atoms with E-state index in [4.69, 9.17) is 0 Å². The fraction of sp³-hybridized carbons (Fsp3) is 0. The summed E-state index contributed by atoms with van der Waals surface area (Å²) >= 11 is 0. The van der Waals surface area contributed by atoms with Crippen LogP contribution in [0.4, 0.5) is 0 Å². The van der Waals surface area contributed by atoms with Gasteiger partial charge in [0.15, 0.2) is 0 Å². The van der Waals surface area contributed by atoms with Crippen LogP contribution in [0.25, 0.3) is 21.5 Å². The van der Waals surface area contributed by atoms with E-state index in [-0.39, 0.29) is 0 Å². The smallest absolute Gasteiger partial charge is 0.139 e. The second kappa shape index (κ2) is 4.83. The van der Waals surface area contributed by atoms with E-state index in [1.807, 2.05) is 18.3 Å². The molecule has 1 aromatic heterocycles. The zero-order chi connectivity index (χ0) is 14.1. The third kappa shape index (κ3) is 2.07. The first-order valence-corrected chi connectivity index (χ1v) is 6.71. The van der Waals surface area contributed by atoms with Crippen molar-refractivity contribution in [2.24, 2.45) is 5.10 Å². The highest BCUT2D eigenvalue weighted by molar-refractivity contribution is 6.13. The Bertz CT molecular complexity index is 886. The SMILES string of the molecule is C(=N\n1cncn1)/c1c2ccccc2cc2ccccc12. The van der Waals surface area contributed by atoms with Gasteiger partial charge in [-0.1, -0.05) is 48.5 Å². The molecule has 4 heteroatoms. The Labute approximate surface area is 121 Å². The second-order valence-electron chi connectivity index (χ2n) is 4.79. The molecule has 0 unspecified atom stereocenters. The van der Waals surface area contributed by atoms with Gasteiger partial charge in [0.1, 0.15) is 12.7 Å². The molecule has 0 saturated heterocycles. The van der Waals surface area contributed by atoms with E-state index in [0.29, 0.717) is 0 Å². The first-order chi connectivity index (χ1) is 10.4. The minimum Gasteiger partial charge on any atom is -0.221 e. The highest BCUT2D eigenvalue weighted by Crippen LogP contribution is 2.27. The van der Waals surface area contributed by atoms with Crippen LogP contribution < -0.4 is 0 Å². The van der Waals surface area contributed by atoms with Gasteiger partial charge in [0, 0.05) is 5.56 Å². The highest BCUT2D eigenvalue weighted by Gasteiger charge is 2.05. The molecule has 0 bridgehead atoms. The minimum atomic E-state index is 1.10. The minimum absolute atomic E-state index is 1.10. The molecular weight excluding hydrogens is 260 g/mol. The van der Waals surface area contributed by atoms with E-state index < -0.39 is 0 Å². The van der Waals surface area contributed by atoms with Crippen LogP contribution in [0.3, 0.4) is 0 Å². The Morgan fingerprint density at radius 1 is 0.905 bits per heavy atom. The first kappa shape index (κ1) is 11.8. The van der Waals surface area contributed by atoms with E-state index in [1.54, 1.807) is 6.33 Å². The lowest BCUT2D eigenvalue weighted by molar-refractivity contribution is 0.743. The van der Waals surface area contributed by atoms with Gasteiger partial charge in [0.05, 0.1) is 6.21 Å². The summed E-state index contributed by atoms with van der Waals surface area (Å²) in [7, 11) is 0. The summed E-state index contributed by atoms with van der Waals surface area (Å²) in [6, 6.07) is 18.9. The van der Waals surface area contributed by atoms with Crippen molar-refractivity contribution in [1.29, 1.82) is 0 Å². The number of hydrogen-bond donors (Lipinski definition) is 0.